The molecule has 0 radical (unpaired) electrons. The molecular formula is C17H27ClN2O. The number of ether oxygens (including phenoxy) is 1. The van der Waals surface area contributed by atoms with Crippen molar-refractivity contribution in [1.82, 2.24) is 10.3 Å². The van der Waals surface area contributed by atoms with Gasteiger partial charge in [0.2, 0.25) is 5.88 Å². The topological polar surface area (TPSA) is 34.2 Å². The molecule has 21 heavy (non-hydrogen) atoms. The van der Waals surface area contributed by atoms with Gasteiger partial charge < -0.3 is 10.1 Å². The van der Waals surface area contributed by atoms with E-state index in [2.05, 4.69) is 31.1 Å². The molecule has 1 aromatic heterocycles. The lowest BCUT2D eigenvalue weighted by Crippen LogP contribution is -2.28. The molecule has 2 rings (SSSR count). The number of hydrogen-bond acceptors (Lipinski definition) is 3. The molecule has 0 unspecified atom stereocenters. The van der Waals surface area contributed by atoms with Gasteiger partial charge in [-0.25, -0.2) is 4.98 Å². The Morgan fingerprint density at radius 2 is 2.05 bits per heavy atom. The molecule has 0 amide bonds. The molecule has 1 heterocycles. The van der Waals surface area contributed by atoms with Crippen LogP contribution in [0, 0.1) is 5.41 Å². The summed E-state index contributed by atoms with van der Waals surface area (Å²) in [6, 6.07) is 3.77. The van der Waals surface area contributed by atoms with E-state index in [0.717, 1.165) is 31.5 Å². The Bertz CT molecular complexity index is 452. The summed E-state index contributed by atoms with van der Waals surface area (Å²) in [4.78, 5) is 4.56. The van der Waals surface area contributed by atoms with Crippen molar-refractivity contribution in [3.63, 3.8) is 0 Å². The predicted octanol–water partition coefficient (Wildman–Crippen LogP) is 4.58. The van der Waals surface area contributed by atoms with Crippen molar-refractivity contribution in [3.8, 4) is 5.88 Å². The zero-order valence-corrected chi connectivity index (χ0v) is 14.2. The van der Waals surface area contributed by atoms with Crippen LogP contribution in [0.1, 0.15) is 58.6 Å². The molecule has 4 heteroatoms. The molecule has 1 fully saturated rings. The Kier molecular flexibility index (Phi) is 5.88. The fourth-order valence-corrected chi connectivity index (χ4v) is 2.87. The first kappa shape index (κ1) is 16.6. The highest BCUT2D eigenvalue weighted by Gasteiger charge is 2.28. The molecule has 1 saturated carbocycles. The lowest BCUT2D eigenvalue weighted by Gasteiger charge is -2.34. The van der Waals surface area contributed by atoms with Gasteiger partial charge in [-0.1, -0.05) is 32.4 Å². The van der Waals surface area contributed by atoms with Crippen LogP contribution in [-0.4, -0.2) is 17.6 Å². The maximum atomic E-state index is 6.20. The number of nitrogens with zero attached hydrogens (tertiary/aromatic N) is 1. The maximum absolute atomic E-state index is 6.20. The minimum Gasteiger partial charge on any atom is -0.474 e. The Morgan fingerprint density at radius 1 is 1.33 bits per heavy atom. The highest BCUT2D eigenvalue weighted by Crippen LogP contribution is 2.36. The molecule has 1 N–H and O–H groups in total. The van der Waals surface area contributed by atoms with Gasteiger partial charge >= 0.3 is 0 Å². The standard InChI is InChI=1S/C17H27ClN2O/c1-4-11-19-12-15-14(18)5-6-16(20-15)21-13-7-9-17(2,3)10-8-13/h5-6,13,19H,4,7-12H2,1-3H3. The monoisotopic (exact) mass is 310 g/mol. The molecule has 1 aliphatic rings. The third kappa shape index (κ3) is 5.15. The van der Waals surface area contributed by atoms with E-state index in [9.17, 15) is 0 Å². The van der Waals surface area contributed by atoms with Gasteiger partial charge in [0.15, 0.2) is 0 Å². The highest BCUT2D eigenvalue weighted by molar-refractivity contribution is 6.31. The van der Waals surface area contributed by atoms with Gasteiger partial charge in [0.05, 0.1) is 10.7 Å². The molecule has 1 aliphatic carbocycles. The molecule has 118 valence electrons. The normalized spacial score (nSPS) is 18.7. The van der Waals surface area contributed by atoms with E-state index in [0.29, 0.717) is 29.0 Å². The number of aromatic nitrogens is 1. The lowest BCUT2D eigenvalue weighted by molar-refractivity contribution is 0.0947. The van der Waals surface area contributed by atoms with E-state index in [1.54, 1.807) is 0 Å². The van der Waals surface area contributed by atoms with E-state index < -0.39 is 0 Å². The second-order valence-corrected chi connectivity index (χ2v) is 7.14. The van der Waals surface area contributed by atoms with Crippen molar-refractivity contribution in [1.29, 1.82) is 0 Å². The van der Waals surface area contributed by atoms with Crippen LogP contribution in [0.5, 0.6) is 5.88 Å². The molecule has 3 nitrogen and oxygen atoms in total. The summed E-state index contributed by atoms with van der Waals surface area (Å²) in [6.07, 6.45) is 6.06. The number of rotatable bonds is 6. The van der Waals surface area contributed by atoms with Gasteiger partial charge in [0, 0.05) is 12.6 Å². The molecule has 0 atom stereocenters. The molecule has 0 spiro atoms. The van der Waals surface area contributed by atoms with Crippen molar-refractivity contribution >= 4 is 11.6 Å². The Balaban J connectivity index is 1.93. The molecular weight excluding hydrogens is 284 g/mol. The van der Waals surface area contributed by atoms with Crippen molar-refractivity contribution in [2.45, 2.75) is 65.5 Å². The zero-order chi connectivity index (χ0) is 15.3. The van der Waals surface area contributed by atoms with Crippen LogP contribution in [0.4, 0.5) is 0 Å². The summed E-state index contributed by atoms with van der Waals surface area (Å²) >= 11 is 6.20. The third-order valence-electron chi connectivity index (χ3n) is 4.19. The summed E-state index contributed by atoms with van der Waals surface area (Å²) in [7, 11) is 0. The molecule has 1 aromatic rings. The average molecular weight is 311 g/mol. The number of halogens is 1. The van der Waals surface area contributed by atoms with E-state index in [1.165, 1.54) is 12.8 Å². The first-order chi connectivity index (χ1) is 10.00. The maximum Gasteiger partial charge on any atom is 0.213 e. The third-order valence-corrected chi connectivity index (χ3v) is 4.53. The van der Waals surface area contributed by atoms with Crippen LogP contribution in [0.3, 0.4) is 0 Å². The summed E-state index contributed by atoms with van der Waals surface area (Å²) in [5, 5.41) is 4.04. The molecule has 0 aliphatic heterocycles. The second kappa shape index (κ2) is 7.46. The second-order valence-electron chi connectivity index (χ2n) is 6.74. The molecule has 0 saturated heterocycles. The van der Waals surface area contributed by atoms with Gasteiger partial charge in [-0.3, -0.25) is 0 Å². The SMILES string of the molecule is CCCNCc1nc(OC2CCC(C)(C)CC2)ccc1Cl. The average Bonchev–Trinajstić information content (AvgIpc) is 2.45. The Morgan fingerprint density at radius 3 is 2.71 bits per heavy atom. The van der Waals surface area contributed by atoms with Gasteiger partial charge in [0.25, 0.3) is 0 Å². The summed E-state index contributed by atoms with van der Waals surface area (Å²) in [5.41, 5.74) is 1.33. The van der Waals surface area contributed by atoms with E-state index in [1.807, 2.05) is 12.1 Å². The Labute approximate surface area is 133 Å². The van der Waals surface area contributed by atoms with Crippen molar-refractivity contribution in [2.75, 3.05) is 6.54 Å². The number of nitrogens with one attached hydrogen (secondary N) is 1. The minimum atomic E-state index is 0.295. The first-order valence-corrected chi connectivity index (χ1v) is 8.41. The van der Waals surface area contributed by atoms with E-state index in [4.69, 9.17) is 16.3 Å². The van der Waals surface area contributed by atoms with Crippen LogP contribution in [0.2, 0.25) is 5.02 Å². The van der Waals surface area contributed by atoms with E-state index in [-0.39, 0.29) is 0 Å². The van der Waals surface area contributed by atoms with Crippen LogP contribution in [0.15, 0.2) is 12.1 Å². The number of pyridine rings is 1. The van der Waals surface area contributed by atoms with E-state index >= 15 is 0 Å². The van der Waals surface area contributed by atoms with Crippen LogP contribution in [-0.2, 0) is 6.54 Å². The smallest absolute Gasteiger partial charge is 0.213 e. The molecule has 0 aromatic carbocycles. The zero-order valence-electron chi connectivity index (χ0n) is 13.4. The highest BCUT2D eigenvalue weighted by atomic mass is 35.5. The fraction of sp³-hybridized carbons (Fsp3) is 0.706. The fourth-order valence-electron chi connectivity index (χ4n) is 2.70. The predicted molar refractivity (Wildman–Crippen MR) is 87.9 cm³/mol. The number of hydrogen-bond donors (Lipinski definition) is 1. The summed E-state index contributed by atoms with van der Waals surface area (Å²) in [5.74, 6) is 0.706. The Hall–Kier alpha value is -0.800. The quantitative estimate of drug-likeness (QED) is 0.781. The molecule has 0 bridgehead atoms. The largest absolute Gasteiger partial charge is 0.474 e. The van der Waals surface area contributed by atoms with Gasteiger partial charge in [-0.2, -0.15) is 0 Å². The van der Waals surface area contributed by atoms with Crippen molar-refractivity contribution in [3.05, 3.63) is 22.8 Å². The first-order valence-electron chi connectivity index (χ1n) is 8.03. The lowest BCUT2D eigenvalue weighted by atomic mass is 9.76. The summed E-state index contributed by atoms with van der Waals surface area (Å²) < 4.78 is 6.05. The summed E-state index contributed by atoms with van der Waals surface area (Å²) in [6.45, 7) is 8.48. The van der Waals surface area contributed by atoms with Crippen LogP contribution in [0.25, 0.3) is 0 Å². The van der Waals surface area contributed by atoms with Crippen molar-refractivity contribution < 1.29 is 4.74 Å². The van der Waals surface area contributed by atoms with Gasteiger partial charge in [-0.15, -0.1) is 0 Å². The van der Waals surface area contributed by atoms with Gasteiger partial charge in [-0.05, 0) is 50.1 Å². The van der Waals surface area contributed by atoms with Crippen LogP contribution >= 0.6 is 11.6 Å². The van der Waals surface area contributed by atoms with Crippen molar-refractivity contribution in [2.24, 2.45) is 5.41 Å². The minimum absolute atomic E-state index is 0.295. The van der Waals surface area contributed by atoms with Crippen LogP contribution < -0.4 is 10.1 Å². The van der Waals surface area contributed by atoms with Gasteiger partial charge in [0.1, 0.15) is 6.10 Å².